The molecule has 0 aliphatic rings. The van der Waals surface area contributed by atoms with E-state index in [4.69, 9.17) is 25.6 Å². The number of nitrogens with zero attached hydrogens (tertiary/aromatic N) is 1. The first-order valence-corrected chi connectivity index (χ1v) is 8.34. The lowest BCUT2D eigenvalue weighted by Crippen LogP contribution is -2.05. The molecule has 3 rings (SSSR count). The topological polar surface area (TPSA) is 73.6 Å². The second-order valence-corrected chi connectivity index (χ2v) is 5.75. The van der Waals surface area contributed by atoms with Crippen molar-refractivity contribution < 1.29 is 18.8 Å². The van der Waals surface area contributed by atoms with Gasteiger partial charge in [0, 0.05) is 16.3 Å². The minimum atomic E-state index is -0.551. The Balaban J connectivity index is 1.94. The summed E-state index contributed by atoms with van der Waals surface area (Å²) in [5.41, 5.74) is 2.00. The van der Waals surface area contributed by atoms with Gasteiger partial charge in [-0.25, -0.2) is 4.79 Å². The highest BCUT2D eigenvalue weighted by molar-refractivity contribution is 6.30. The Morgan fingerprint density at radius 3 is 2.46 bits per heavy atom. The smallest absolute Gasteiger partial charge is 0.345 e. The molecule has 0 radical (unpaired) electrons. The molecule has 0 unspecified atom stereocenters. The van der Waals surface area contributed by atoms with Crippen LogP contribution in [0, 0.1) is 0 Å². The molecule has 0 aliphatic carbocycles. The number of carbonyl (C=O) groups is 1. The van der Waals surface area contributed by atoms with Crippen LogP contribution < -0.4 is 10.1 Å². The molecule has 6 nitrogen and oxygen atoms in total. The maximum absolute atomic E-state index is 12.3. The lowest BCUT2D eigenvalue weighted by atomic mass is 10.1. The summed E-state index contributed by atoms with van der Waals surface area (Å²) in [5.74, 6) is 0.404. The van der Waals surface area contributed by atoms with Gasteiger partial charge in [0.05, 0.1) is 13.7 Å². The van der Waals surface area contributed by atoms with Crippen molar-refractivity contribution in [1.29, 1.82) is 0 Å². The summed E-state index contributed by atoms with van der Waals surface area (Å²) in [4.78, 5) is 12.3. The van der Waals surface area contributed by atoms with Crippen molar-refractivity contribution in [1.82, 2.24) is 5.16 Å². The number of rotatable bonds is 6. The first-order valence-electron chi connectivity index (χ1n) is 7.96. The van der Waals surface area contributed by atoms with Crippen molar-refractivity contribution in [2.45, 2.75) is 6.92 Å². The van der Waals surface area contributed by atoms with Crippen molar-refractivity contribution in [3.8, 4) is 17.0 Å². The van der Waals surface area contributed by atoms with E-state index in [1.54, 1.807) is 24.3 Å². The molecular weight excluding hydrogens is 356 g/mol. The van der Waals surface area contributed by atoms with Crippen LogP contribution in [0.4, 0.5) is 11.6 Å². The maximum Gasteiger partial charge on any atom is 0.345 e. The summed E-state index contributed by atoms with van der Waals surface area (Å²) in [5, 5.41) is 7.66. The van der Waals surface area contributed by atoms with Gasteiger partial charge >= 0.3 is 5.97 Å². The lowest BCUT2D eigenvalue weighted by Gasteiger charge is -2.07. The van der Waals surface area contributed by atoms with E-state index in [9.17, 15) is 4.79 Å². The first-order chi connectivity index (χ1) is 12.6. The molecule has 2 aromatic carbocycles. The fraction of sp³-hybridized carbons (Fsp3) is 0.158. The number of benzene rings is 2. The van der Waals surface area contributed by atoms with Crippen molar-refractivity contribution in [2.75, 3.05) is 19.0 Å². The summed E-state index contributed by atoms with van der Waals surface area (Å²) >= 11 is 5.92. The van der Waals surface area contributed by atoms with E-state index in [2.05, 4.69) is 10.5 Å². The quantitative estimate of drug-likeness (QED) is 0.619. The highest BCUT2D eigenvalue weighted by Crippen LogP contribution is 2.32. The van der Waals surface area contributed by atoms with Crippen molar-refractivity contribution >= 4 is 29.1 Å². The van der Waals surface area contributed by atoms with E-state index in [1.165, 1.54) is 7.11 Å². The molecule has 7 heteroatoms. The monoisotopic (exact) mass is 372 g/mol. The van der Waals surface area contributed by atoms with Crippen LogP contribution in [0.25, 0.3) is 11.3 Å². The molecule has 0 saturated heterocycles. The molecule has 0 amide bonds. The second kappa shape index (κ2) is 7.93. The predicted molar refractivity (Wildman–Crippen MR) is 99.2 cm³/mol. The van der Waals surface area contributed by atoms with Crippen LogP contribution in [0.2, 0.25) is 5.02 Å². The zero-order valence-corrected chi connectivity index (χ0v) is 15.0. The molecule has 0 saturated carbocycles. The van der Waals surface area contributed by atoms with Gasteiger partial charge in [-0.05, 0) is 43.3 Å². The summed E-state index contributed by atoms with van der Waals surface area (Å²) in [6.07, 6.45) is 0. The zero-order valence-electron chi connectivity index (χ0n) is 14.3. The van der Waals surface area contributed by atoms with E-state index in [1.807, 2.05) is 31.2 Å². The maximum atomic E-state index is 12.3. The number of methoxy groups -OCH3 is 1. The van der Waals surface area contributed by atoms with Gasteiger partial charge in [0.15, 0.2) is 5.56 Å². The van der Waals surface area contributed by atoms with E-state index in [0.29, 0.717) is 22.9 Å². The normalized spacial score (nSPS) is 10.4. The van der Waals surface area contributed by atoms with Crippen molar-refractivity contribution in [2.24, 2.45) is 0 Å². The first kappa shape index (κ1) is 17.8. The predicted octanol–water partition coefficient (Wildman–Crippen LogP) is 4.92. The van der Waals surface area contributed by atoms with Crippen LogP contribution >= 0.6 is 11.6 Å². The van der Waals surface area contributed by atoms with E-state index >= 15 is 0 Å². The van der Waals surface area contributed by atoms with Crippen molar-refractivity contribution in [3.63, 3.8) is 0 Å². The number of aromatic nitrogens is 1. The molecule has 1 aromatic heterocycles. The number of carbonyl (C=O) groups excluding carboxylic acids is 1. The average molecular weight is 373 g/mol. The summed E-state index contributed by atoms with van der Waals surface area (Å²) < 4.78 is 15.7. The Labute approximate surface area is 155 Å². The van der Waals surface area contributed by atoms with Gasteiger partial charge in [-0.15, -0.1) is 0 Å². The minimum Gasteiger partial charge on any atom is -0.494 e. The van der Waals surface area contributed by atoms with Gasteiger partial charge in [-0.1, -0.05) is 28.9 Å². The fourth-order valence-electron chi connectivity index (χ4n) is 2.40. The van der Waals surface area contributed by atoms with Gasteiger partial charge in [-0.2, -0.15) is 0 Å². The summed E-state index contributed by atoms with van der Waals surface area (Å²) in [6, 6.07) is 14.2. The molecule has 0 spiro atoms. The third-order valence-electron chi connectivity index (χ3n) is 3.62. The molecule has 3 aromatic rings. The largest absolute Gasteiger partial charge is 0.494 e. The molecular formula is C19H17ClN2O4. The van der Waals surface area contributed by atoms with E-state index in [0.717, 1.165) is 11.4 Å². The van der Waals surface area contributed by atoms with Crippen LogP contribution in [-0.4, -0.2) is 24.8 Å². The Morgan fingerprint density at radius 2 is 1.85 bits per heavy atom. The molecule has 0 aliphatic heterocycles. The number of hydrogen-bond acceptors (Lipinski definition) is 6. The van der Waals surface area contributed by atoms with Crippen LogP contribution in [0.3, 0.4) is 0 Å². The third-order valence-corrected chi connectivity index (χ3v) is 3.87. The molecule has 0 fully saturated rings. The van der Waals surface area contributed by atoms with Gasteiger partial charge in [-0.3, -0.25) is 0 Å². The number of nitrogens with one attached hydrogen (secondary N) is 1. The highest BCUT2D eigenvalue weighted by atomic mass is 35.5. The van der Waals surface area contributed by atoms with Gasteiger partial charge in [0.2, 0.25) is 5.88 Å². The van der Waals surface area contributed by atoms with E-state index < -0.39 is 5.97 Å². The Bertz CT molecular complexity index is 889. The Morgan fingerprint density at radius 1 is 1.15 bits per heavy atom. The van der Waals surface area contributed by atoms with Crippen LogP contribution in [0.15, 0.2) is 53.1 Å². The molecule has 1 heterocycles. The second-order valence-electron chi connectivity index (χ2n) is 5.32. The molecule has 1 N–H and O–H groups in total. The van der Waals surface area contributed by atoms with Crippen molar-refractivity contribution in [3.05, 3.63) is 59.1 Å². The molecule has 26 heavy (non-hydrogen) atoms. The zero-order chi connectivity index (χ0) is 18.5. The lowest BCUT2D eigenvalue weighted by molar-refractivity contribution is 0.0602. The van der Waals surface area contributed by atoms with Gasteiger partial charge < -0.3 is 19.3 Å². The molecule has 0 bridgehead atoms. The minimum absolute atomic E-state index is 0.200. The number of anilines is 2. The SMILES string of the molecule is CCOc1ccc(Nc2onc(-c3ccc(Cl)cc3)c2C(=O)OC)cc1. The highest BCUT2D eigenvalue weighted by Gasteiger charge is 2.25. The van der Waals surface area contributed by atoms with Crippen LogP contribution in [-0.2, 0) is 4.74 Å². The molecule has 134 valence electrons. The Kier molecular flexibility index (Phi) is 5.43. The fourth-order valence-corrected chi connectivity index (χ4v) is 2.53. The number of halogens is 1. The van der Waals surface area contributed by atoms with Crippen LogP contribution in [0.1, 0.15) is 17.3 Å². The van der Waals surface area contributed by atoms with Gasteiger partial charge in [0.1, 0.15) is 11.4 Å². The number of esters is 1. The number of hydrogen-bond donors (Lipinski definition) is 1. The van der Waals surface area contributed by atoms with Crippen LogP contribution in [0.5, 0.6) is 5.75 Å². The standard InChI is InChI=1S/C19H17ClN2O4/c1-3-25-15-10-8-14(9-11-15)21-18-16(19(23)24-2)17(22-26-18)12-4-6-13(20)7-5-12/h4-11,21H,3H2,1-2H3. The Hall–Kier alpha value is -2.99. The summed E-state index contributed by atoms with van der Waals surface area (Å²) in [7, 11) is 1.31. The third kappa shape index (κ3) is 3.81. The molecule has 0 atom stereocenters. The average Bonchev–Trinajstić information content (AvgIpc) is 3.07. The summed E-state index contributed by atoms with van der Waals surface area (Å²) in [6.45, 7) is 2.51. The number of ether oxygens (including phenoxy) is 2. The van der Waals surface area contributed by atoms with E-state index in [-0.39, 0.29) is 11.4 Å². The van der Waals surface area contributed by atoms with Gasteiger partial charge in [0.25, 0.3) is 0 Å².